The van der Waals surface area contributed by atoms with E-state index < -0.39 is 0 Å². The number of hydrogen-bond acceptors (Lipinski definition) is 4. The zero-order chi connectivity index (χ0) is 15.6. The molecule has 0 radical (unpaired) electrons. The van der Waals surface area contributed by atoms with Crippen molar-refractivity contribution in [3.63, 3.8) is 0 Å². The van der Waals surface area contributed by atoms with Gasteiger partial charge in [-0.1, -0.05) is 0 Å². The highest BCUT2D eigenvalue weighted by Crippen LogP contribution is 2.17. The van der Waals surface area contributed by atoms with Gasteiger partial charge in [0.15, 0.2) is 6.61 Å². The van der Waals surface area contributed by atoms with Gasteiger partial charge in [0.25, 0.3) is 5.91 Å². The number of benzene rings is 1. The molecule has 5 nitrogen and oxygen atoms in total. The molecule has 122 valence electrons. The van der Waals surface area contributed by atoms with Crippen LogP contribution in [0, 0.1) is 5.92 Å². The van der Waals surface area contributed by atoms with Crippen LogP contribution in [0.2, 0.25) is 0 Å². The van der Waals surface area contributed by atoms with Gasteiger partial charge in [-0.25, -0.2) is 0 Å². The maximum Gasteiger partial charge on any atom is 0.257 e. The fourth-order valence-corrected chi connectivity index (χ4v) is 2.58. The Morgan fingerprint density at radius 1 is 1.27 bits per heavy atom. The summed E-state index contributed by atoms with van der Waals surface area (Å²) < 4.78 is 10.8. The topological polar surface area (TPSA) is 59.6 Å². The fraction of sp³-hybridized carbons (Fsp3) is 0.588. The van der Waals surface area contributed by atoms with Crippen LogP contribution in [0.15, 0.2) is 24.3 Å². The lowest BCUT2D eigenvalue weighted by Gasteiger charge is -2.22. The first-order chi connectivity index (χ1) is 10.8. The predicted octanol–water partition coefficient (Wildman–Crippen LogP) is 1.97. The van der Waals surface area contributed by atoms with Gasteiger partial charge in [-0.3, -0.25) is 4.79 Å². The van der Waals surface area contributed by atoms with E-state index in [0.717, 1.165) is 31.8 Å². The van der Waals surface area contributed by atoms with E-state index in [-0.39, 0.29) is 12.5 Å². The molecule has 0 aromatic heterocycles. The Balaban J connectivity index is 1.60. The SMILES string of the molecule is CCOc1ccc(OCC(=O)NCCC2CCCNC2)cc1. The van der Waals surface area contributed by atoms with Gasteiger partial charge in [-0.15, -0.1) is 0 Å². The summed E-state index contributed by atoms with van der Waals surface area (Å²) in [5, 5.41) is 6.30. The lowest BCUT2D eigenvalue weighted by atomic mass is 9.96. The van der Waals surface area contributed by atoms with Crippen molar-refractivity contribution in [2.75, 3.05) is 32.8 Å². The number of amides is 1. The maximum atomic E-state index is 11.8. The largest absolute Gasteiger partial charge is 0.494 e. The molecular formula is C17H26N2O3. The standard InChI is InChI=1S/C17H26N2O3/c1-2-21-15-5-7-16(8-6-15)22-13-17(20)19-11-9-14-4-3-10-18-12-14/h5-8,14,18H,2-4,9-13H2,1H3,(H,19,20). The minimum absolute atomic E-state index is 0.0525. The average molecular weight is 306 g/mol. The van der Waals surface area contributed by atoms with E-state index in [4.69, 9.17) is 9.47 Å². The van der Waals surface area contributed by atoms with E-state index in [0.29, 0.717) is 18.3 Å². The molecule has 0 aliphatic carbocycles. The molecule has 1 aromatic rings. The maximum absolute atomic E-state index is 11.8. The van der Waals surface area contributed by atoms with Gasteiger partial charge in [-0.05, 0) is 69.5 Å². The first-order valence-corrected chi connectivity index (χ1v) is 8.11. The third-order valence-corrected chi connectivity index (χ3v) is 3.78. The Hall–Kier alpha value is -1.75. The monoisotopic (exact) mass is 306 g/mol. The number of rotatable bonds is 8. The molecule has 1 saturated heterocycles. The molecule has 0 spiro atoms. The molecule has 1 fully saturated rings. The van der Waals surface area contributed by atoms with Crippen LogP contribution in [0.3, 0.4) is 0 Å². The van der Waals surface area contributed by atoms with Crippen molar-refractivity contribution in [2.45, 2.75) is 26.2 Å². The van der Waals surface area contributed by atoms with Crippen LogP contribution in [0.25, 0.3) is 0 Å². The number of carbonyl (C=O) groups excluding carboxylic acids is 1. The minimum Gasteiger partial charge on any atom is -0.494 e. The van der Waals surface area contributed by atoms with Gasteiger partial charge >= 0.3 is 0 Å². The summed E-state index contributed by atoms with van der Waals surface area (Å²) in [6.07, 6.45) is 3.52. The van der Waals surface area contributed by atoms with Gasteiger partial charge in [-0.2, -0.15) is 0 Å². The van der Waals surface area contributed by atoms with E-state index in [9.17, 15) is 4.79 Å². The molecule has 1 amide bonds. The van der Waals surface area contributed by atoms with Crippen molar-refractivity contribution in [3.8, 4) is 11.5 Å². The lowest BCUT2D eigenvalue weighted by molar-refractivity contribution is -0.123. The minimum atomic E-state index is -0.0716. The molecule has 1 aliphatic heterocycles. The van der Waals surface area contributed by atoms with Gasteiger partial charge in [0.1, 0.15) is 11.5 Å². The Labute approximate surface area is 132 Å². The molecule has 1 atom stereocenters. The molecule has 1 heterocycles. The fourth-order valence-electron chi connectivity index (χ4n) is 2.58. The molecule has 22 heavy (non-hydrogen) atoms. The summed E-state index contributed by atoms with van der Waals surface area (Å²) in [6.45, 7) is 5.54. The summed E-state index contributed by atoms with van der Waals surface area (Å²) in [5.74, 6) is 2.09. The summed E-state index contributed by atoms with van der Waals surface area (Å²) in [4.78, 5) is 11.8. The highest BCUT2D eigenvalue weighted by molar-refractivity contribution is 5.77. The van der Waals surface area contributed by atoms with Crippen LogP contribution < -0.4 is 20.1 Å². The number of carbonyl (C=O) groups is 1. The Kier molecular flexibility index (Phi) is 7.03. The van der Waals surface area contributed by atoms with Crippen molar-refractivity contribution >= 4 is 5.91 Å². The summed E-state index contributed by atoms with van der Waals surface area (Å²) in [5.41, 5.74) is 0. The molecule has 2 rings (SSSR count). The van der Waals surface area contributed by atoms with Gasteiger partial charge in [0, 0.05) is 6.54 Å². The van der Waals surface area contributed by atoms with Gasteiger partial charge < -0.3 is 20.1 Å². The second-order valence-electron chi connectivity index (χ2n) is 5.54. The van der Waals surface area contributed by atoms with E-state index in [1.807, 2.05) is 31.2 Å². The molecule has 5 heteroatoms. The Bertz CT molecular complexity index is 442. The van der Waals surface area contributed by atoms with Crippen LogP contribution >= 0.6 is 0 Å². The highest BCUT2D eigenvalue weighted by Gasteiger charge is 2.12. The van der Waals surface area contributed by atoms with Crippen LogP contribution in [-0.2, 0) is 4.79 Å². The first kappa shape index (κ1) is 16.6. The molecule has 0 saturated carbocycles. The molecule has 2 N–H and O–H groups in total. The van der Waals surface area contributed by atoms with Crippen molar-refractivity contribution in [1.29, 1.82) is 0 Å². The highest BCUT2D eigenvalue weighted by atomic mass is 16.5. The van der Waals surface area contributed by atoms with Crippen molar-refractivity contribution in [1.82, 2.24) is 10.6 Å². The predicted molar refractivity (Wildman–Crippen MR) is 86.3 cm³/mol. The number of hydrogen-bond donors (Lipinski definition) is 2. The van der Waals surface area contributed by atoms with Gasteiger partial charge in [0.2, 0.25) is 0 Å². The Morgan fingerprint density at radius 3 is 2.64 bits per heavy atom. The normalized spacial score (nSPS) is 17.8. The molecule has 1 unspecified atom stereocenters. The summed E-state index contributed by atoms with van der Waals surface area (Å²) >= 11 is 0. The third-order valence-electron chi connectivity index (χ3n) is 3.78. The Morgan fingerprint density at radius 2 is 2.00 bits per heavy atom. The quantitative estimate of drug-likeness (QED) is 0.771. The number of ether oxygens (including phenoxy) is 2. The molecular weight excluding hydrogens is 280 g/mol. The molecule has 1 aliphatic rings. The number of nitrogens with one attached hydrogen (secondary N) is 2. The zero-order valence-corrected chi connectivity index (χ0v) is 13.3. The van der Waals surface area contributed by atoms with Crippen LogP contribution in [0.1, 0.15) is 26.2 Å². The van der Waals surface area contributed by atoms with Crippen LogP contribution in [0.4, 0.5) is 0 Å². The van der Waals surface area contributed by atoms with E-state index in [1.165, 1.54) is 12.8 Å². The second kappa shape index (κ2) is 9.30. The van der Waals surface area contributed by atoms with Crippen molar-refractivity contribution in [2.24, 2.45) is 5.92 Å². The molecule has 1 aromatic carbocycles. The first-order valence-electron chi connectivity index (χ1n) is 8.11. The van der Waals surface area contributed by atoms with Crippen LogP contribution in [0.5, 0.6) is 11.5 Å². The summed E-state index contributed by atoms with van der Waals surface area (Å²) in [6, 6.07) is 7.30. The van der Waals surface area contributed by atoms with E-state index >= 15 is 0 Å². The van der Waals surface area contributed by atoms with Crippen LogP contribution in [-0.4, -0.2) is 38.8 Å². The lowest BCUT2D eigenvalue weighted by Crippen LogP contribution is -2.34. The van der Waals surface area contributed by atoms with E-state index in [1.54, 1.807) is 0 Å². The summed E-state index contributed by atoms with van der Waals surface area (Å²) in [7, 11) is 0. The average Bonchev–Trinajstić information content (AvgIpc) is 2.55. The second-order valence-corrected chi connectivity index (χ2v) is 5.54. The molecule has 0 bridgehead atoms. The third kappa shape index (κ3) is 5.93. The van der Waals surface area contributed by atoms with Crippen molar-refractivity contribution in [3.05, 3.63) is 24.3 Å². The smallest absolute Gasteiger partial charge is 0.257 e. The van der Waals surface area contributed by atoms with E-state index in [2.05, 4.69) is 10.6 Å². The number of piperidine rings is 1. The zero-order valence-electron chi connectivity index (χ0n) is 13.3. The van der Waals surface area contributed by atoms with Gasteiger partial charge in [0.05, 0.1) is 6.61 Å². The van der Waals surface area contributed by atoms with Crippen molar-refractivity contribution < 1.29 is 14.3 Å².